The molecule has 2 aromatic rings. The normalized spacial score (nSPS) is 15.0. The van der Waals surface area contributed by atoms with Crippen LogP contribution in [-0.2, 0) is 14.4 Å². The Morgan fingerprint density at radius 1 is 1.30 bits per heavy atom. The van der Waals surface area contributed by atoms with Crippen molar-refractivity contribution in [3.05, 3.63) is 23.5 Å². The summed E-state index contributed by atoms with van der Waals surface area (Å²) in [7, 11) is 0. The van der Waals surface area contributed by atoms with Crippen LogP contribution in [0, 0.1) is 0 Å². The molecule has 1 fully saturated rings. The topological polar surface area (TPSA) is 120 Å². The lowest BCUT2D eigenvalue weighted by atomic mass is 10.1. The largest absolute Gasteiger partial charge is 0.381 e. The third-order valence-corrected chi connectivity index (χ3v) is 3.55. The fourth-order valence-corrected chi connectivity index (χ4v) is 2.40. The van der Waals surface area contributed by atoms with Gasteiger partial charge in [-0.1, -0.05) is 13.8 Å². The molecule has 9 nitrogen and oxygen atoms in total. The second-order valence-electron chi connectivity index (χ2n) is 5.48. The fourth-order valence-electron chi connectivity index (χ4n) is 2.40. The molecule has 0 saturated carbocycles. The molecule has 0 spiro atoms. The Morgan fingerprint density at radius 3 is 2.57 bits per heavy atom. The van der Waals surface area contributed by atoms with Gasteiger partial charge in [-0.25, -0.2) is 14.3 Å². The molecule has 0 unspecified atom stereocenters. The van der Waals surface area contributed by atoms with Crippen molar-refractivity contribution in [2.45, 2.75) is 32.6 Å². The Balaban J connectivity index is 2.01. The lowest BCUT2D eigenvalue weighted by Crippen LogP contribution is -2.32. The van der Waals surface area contributed by atoms with Gasteiger partial charge in [-0.2, -0.15) is 0 Å². The van der Waals surface area contributed by atoms with Crippen molar-refractivity contribution in [2.75, 3.05) is 5.73 Å². The summed E-state index contributed by atoms with van der Waals surface area (Å²) in [4.78, 5) is 44.4. The quantitative estimate of drug-likeness (QED) is 0.825. The molecule has 0 aromatic carbocycles. The van der Waals surface area contributed by atoms with Gasteiger partial charge < -0.3 is 10.6 Å². The van der Waals surface area contributed by atoms with E-state index < -0.39 is 17.8 Å². The summed E-state index contributed by atoms with van der Waals surface area (Å²) in [6.07, 6.45) is 1.58. The number of hydroxylamine groups is 2. The number of carbonyl (C=O) groups excluding carboxylic acids is 3. The first-order valence-electron chi connectivity index (χ1n) is 7.11. The van der Waals surface area contributed by atoms with Gasteiger partial charge in [-0.05, 0) is 12.0 Å². The Morgan fingerprint density at radius 2 is 1.96 bits per heavy atom. The second kappa shape index (κ2) is 5.34. The number of nitrogens with two attached hydrogens (primary N) is 1. The number of anilines is 1. The minimum atomic E-state index is -0.936. The Bertz CT molecular complexity index is 810. The summed E-state index contributed by atoms with van der Waals surface area (Å²) in [6, 6.07) is 1.77. The van der Waals surface area contributed by atoms with E-state index in [9.17, 15) is 14.4 Å². The second-order valence-corrected chi connectivity index (χ2v) is 5.48. The minimum Gasteiger partial charge on any atom is -0.381 e. The molecule has 0 aliphatic carbocycles. The van der Waals surface area contributed by atoms with Crippen LogP contribution in [0.1, 0.15) is 48.7 Å². The molecule has 2 amide bonds. The smallest absolute Gasteiger partial charge is 0.371 e. The Kier molecular flexibility index (Phi) is 3.47. The Labute approximate surface area is 131 Å². The third-order valence-electron chi connectivity index (χ3n) is 3.55. The summed E-state index contributed by atoms with van der Waals surface area (Å²) >= 11 is 0. The van der Waals surface area contributed by atoms with E-state index in [1.165, 1.54) is 10.7 Å². The highest BCUT2D eigenvalue weighted by atomic mass is 16.7. The number of nitrogens with zero attached hydrogens (tertiary/aromatic N) is 4. The van der Waals surface area contributed by atoms with Crippen molar-refractivity contribution in [2.24, 2.45) is 0 Å². The molecular weight excluding hydrogens is 302 g/mol. The molecule has 1 aliphatic heterocycles. The first kappa shape index (κ1) is 14.9. The number of hydrogen-bond acceptors (Lipinski definition) is 7. The summed E-state index contributed by atoms with van der Waals surface area (Å²) in [5.41, 5.74) is 6.77. The maximum atomic E-state index is 12.3. The molecule has 9 heteroatoms. The number of rotatable bonds is 3. The van der Waals surface area contributed by atoms with Crippen LogP contribution in [0.5, 0.6) is 0 Å². The van der Waals surface area contributed by atoms with Crippen LogP contribution in [0.3, 0.4) is 0 Å². The lowest BCUT2D eigenvalue weighted by Gasteiger charge is -2.12. The fraction of sp³-hybridized carbons (Fsp3) is 0.357. The summed E-state index contributed by atoms with van der Waals surface area (Å²) in [5.74, 6) is -2.00. The first-order valence-corrected chi connectivity index (χ1v) is 7.11. The molecule has 3 heterocycles. The predicted molar refractivity (Wildman–Crippen MR) is 78.0 cm³/mol. The molecule has 120 valence electrons. The van der Waals surface area contributed by atoms with Gasteiger partial charge in [0.2, 0.25) is 0 Å². The van der Waals surface area contributed by atoms with Gasteiger partial charge in [0.25, 0.3) is 11.8 Å². The van der Waals surface area contributed by atoms with Gasteiger partial charge >= 0.3 is 5.97 Å². The number of hydrogen-bond donors (Lipinski definition) is 1. The van der Waals surface area contributed by atoms with Crippen molar-refractivity contribution in [1.82, 2.24) is 19.7 Å². The standard InChI is InChI=1S/C14H15N5O4/c1-7(2)8-5-6-16-13-11(12(15)17-18(8)13)14(22)23-19-9(20)3-4-10(19)21/h5-7H,3-4H2,1-2H3,(H2,15,17). The maximum Gasteiger partial charge on any atom is 0.371 e. The lowest BCUT2D eigenvalue weighted by molar-refractivity contribution is -0.172. The van der Waals surface area contributed by atoms with E-state index in [-0.39, 0.29) is 35.8 Å². The number of nitrogen functional groups attached to an aromatic ring is 1. The van der Waals surface area contributed by atoms with E-state index in [1.54, 1.807) is 6.07 Å². The van der Waals surface area contributed by atoms with E-state index in [2.05, 4.69) is 10.1 Å². The van der Waals surface area contributed by atoms with E-state index >= 15 is 0 Å². The van der Waals surface area contributed by atoms with E-state index in [1.807, 2.05) is 13.8 Å². The SMILES string of the molecule is CC(C)c1ccnc2c(C(=O)ON3C(=O)CCC3=O)c(N)nn12. The highest BCUT2D eigenvalue weighted by Gasteiger charge is 2.35. The van der Waals surface area contributed by atoms with Gasteiger partial charge in [-0.15, -0.1) is 10.2 Å². The molecule has 0 bridgehead atoms. The summed E-state index contributed by atoms with van der Waals surface area (Å²) in [6.45, 7) is 3.93. The van der Waals surface area contributed by atoms with Crippen molar-refractivity contribution in [3.63, 3.8) is 0 Å². The number of carbonyl (C=O) groups is 3. The van der Waals surface area contributed by atoms with Crippen LogP contribution in [0.25, 0.3) is 5.65 Å². The third kappa shape index (κ3) is 2.39. The van der Waals surface area contributed by atoms with Crippen LogP contribution < -0.4 is 5.73 Å². The number of aromatic nitrogens is 3. The molecule has 3 rings (SSSR count). The van der Waals surface area contributed by atoms with Crippen LogP contribution in [0.4, 0.5) is 5.82 Å². The van der Waals surface area contributed by atoms with Crippen molar-refractivity contribution in [3.8, 4) is 0 Å². The molecule has 0 atom stereocenters. The molecule has 2 N–H and O–H groups in total. The van der Waals surface area contributed by atoms with Crippen LogP contribution >= 0.6 is 0 Å². The highest BCUT2D eigenvalue weighted by molar-refractivity contribution is 6.05. The van der Waals surface area contributed by atoms with Crippen LogP contribution in [-0.4, -0.2) is 37.4 Å². The molecule has 2 aromatic heterocycles. The van der Waals surface area contributed by atoms with E-state index in [0.717, 1.165) is 5.69 Å². The first-order chi connectivity index (χ1) is 10.9. The zero-order chi connectivity index (χ0) is 16.7. The van der Waals surface area contributed by atoms with E-state index in [4.69, 9.17) is 10.6 Å². The van der Waals surface area contributed by atoms with Crippen molar-refractivity contribution < 1.29 is 19.2 Å². The van der Waals surface area contributed by atoms with Crippen molar-refractivity contribution >= 4 is 29.2 Å². The van der Waals surface area contributed by atoms with Gasteiger partial charge in [0.15, 0.2) is 17.0 Å². The molecule has 0 radical (unpaired) electrons. The van der Waals surface area contributed by atoms with Gasteiger partial charge in [0, 0.05) is 24.7 Å². The molecule has 1 saturated heterocycles. The highest BCUT2D eigenvalue weighted by Crippen LogP contribution is 2.23. The average Bonchev–Trinajstić information content (AvgIpc) is 2.99. The Hall–Kier alpha value is -2.97. The summed E-state index contributed by atoms with van der Waals surface area (Å²) < 4.78 is 1.46. The predicted octanol–water partition coefficient (Wildman–Crippen LogP) is 0.656. The molecule has 1 aliphatic rings. The zero-order valence-corrected chi connectivity index (χ0v) is 12.6. The number of amides is 2. The zero-order valence-electron chi connectivity index (χ0n) is 12.6. The maximum absolute atomic E-state index is 12.3. The molecular formula is C14H15N5O4. The monoisotopic (exact) mass is 317 g/mol. The number of imide groups is 1. The van der Waals surface area contributed by atoms with Gasteiger partial charge in [0.05, 0.1) is 0 Å². The van der Waals surface area contributed by atoms with Crippen molar-refractivity contribution in [1.29, 1.82) is 0 Å². The van der Waals surface area contributed by atoms with Crippen LogP contribution in [0.2, 0.25) is 0 Å². The minimum absolute atomic E-state index is 0.0199. The average molecular weight is 317 g/mol. The van der Waals surface area contributed by atoms with E-state index in [0.29, 0.717) is 5.06 Å². The number of fused-ring (bicyclic) bond motifs is 1. The van der Waals surface area contributed by atoms with Crippen LogP contribution in [0.15, 0.2) is 12.3 Å². The van der Waals surface area contributed by atoms with Gasteiger partial charge in [-0.3, -0.25) is 9.59 Å². The molecule has 23 heavy (non-hydrogen) atoms. The van der Waals surface area contributed by atoms with Gasteiger partial charge in [0.1, 0.15) is 0 Å². The summed E-state index contributed by atoms with van der Waals surface area (Å²) in [5, 5.41) is 4.58.